The number of benzene rings is 2. The molecule has 0 aliphatic carbocycles. The first kappa shape index (κ1) is 21.3. The molecule has 0 radical (unpaired) electrons. The van der Waals surface area contributed by atoms with E-state index in [1.807, 2.05) is 0 Å². The van der Waals surface area contributed by atoms with Gasteiger partial charge in [0.15, 0.2) is 18.5 Å². The molecule has 1 fully saturated rings. The molecule has 4 rings (SSSR count). The van der Waals surface area contributed by atoms with Crippen LogP contribution in [0.3, 0.4) is 0 Å². The van der Waals surface area contributed by atoms with Crippen LogP contribution in [-0.4, -0.2) is 73.2 Å². The van der Waals surface area contributed by atoms with Gasteiger partial charge in [0.05, 0.1) is 6.10 Å². The van der Waals surface area contributed by atoms with Gasteiger partial charge in [-0.25, -0.2) is 0 Å². The number of phenolic OH excluding ortho intramolecular Hbond substituents is 3. The molecule has 10 nitrogen and oxygen atoms in total. The molecule has 166 valence electrons. The fourth-order valence-electron chi connectivity index (χ4n) is 3.72. The van der Waals surface area contributed by atoms with Crippen LogP contribution < -0.4 is 4.74 Å². The summed E-state index contributed by atoms with van der Waals surface area (Å²) in [5.41, 5.74) is 0.195. The van der Waals surface area contributed by atoms with E-state index in [0.29, 0.717) is 5.56 Å². The number of ketones is 1. The number of carbonyl (C=O) groups is 1. The number of Topliss-reactive ketones (excluding diaryl/α,β-unsaturated/α-hetero) is 1. The van der Waals surface area contributed by atoms with Gasteiger partial charge in [0.25, 0.3) is 0 Å². The number of aromatic hydroxyl groups is 3. The van der Waals surface area contributed by atoms with Crippen molar-refractivity contribution in [1.29, 1.82) is 0 Å². The van der Waals surface area contributed by atoms with Crippen molar-refractivity contribution in [2.24, 2.45) is 0 Å². The van der Waals surface area contributed by atoms with Crippen molar-refractivity contribution in [3.63, 3.8) is 0 Å². The Bertz CT molecular complexity index is 975. The maximum absolute atomic E-state index is 13.3. The fourth-order valence-corrected chi connectivity index (χ4v) is 3.72. The first-order valence-electron chi connectivity index (χ1n) is 9.58. The van der Waals surface area contributed by atoms with Gasteiger partial charge < -0.3 is 44.8 Å². The summed E-state index contributed by atoms with van der Waals surface area (Å²) in [6.07, 6.45) is -9.49. The van der Waals surface area contributed by atoms with Crippen LogP contribution in [0, 0.1) is 0 Å². The number of fused-ring (bicyclic) bond motifs is 1. The Morgan fingerprint density at radius 2 is 1.58 bits per heavy atom. The predicted molar refractivity (Wildman–Crippen MR) is 103 cm³/mol. The summed E-state index contributed by atoms with van der Waals surface area (Å²) in [5, 5.41) is 59.8. The molecule has 10 heteroatoms. The topological polar surface area (TPSA) is 166 Å². The lowest BCUT2D eigenvalue weighted by molar-refractivity contribution is -0.304. The Hall–Kier alpha value is -2.89. The molecule has 2 aromatic rings. The largest absolute Gasteiger partial charge is 0.508 e. The van der Waals surface area contributed by atoms with Crippen molar-refractivity contribution >= 4 is 5.78 Å². The number of hydrogen-bond donors (Lipinski definition) is 6. The Morgan fingerprint density at radius 3 is 2.26 bits per heavy atom. The van der Waals surface area contributed by atoms with E-state index in [1.165, 1.54) is 37.3 Å². The SMILES string of the molecule is C[C@H]1O[C@@H](O[C@@H]2C(=O)c3c(O)cc(O)cc3O[C@H]2c2ccc(O)cc2)[C@@H](O)[C@@H](O)[C@@H]1O. The van der Waals surface area contributed by atoms with E-state index >= 15 is 0 Å². The number of ether oxygens (including phenoxy) is 3. The van der Waals surface area contributed by atoms with E-state index in [4.69, 9.17) is 14.2 Å². The molecule has 0 spiro atoms. The average molecular weight is 434 g/mol. The minimum Gasteiger partial charge on any atom is -0.508 e. The molecule has 0 unspecified atom stereocenters. The van der Waals surface area contributed by atoms with Gasteiger partial charge in [-0.2, -0.15) is 0 Å². The van der Waals surface area contributed by atoms with Gasteiger partial charge >= 0.3 is 0 Å². The molecular weight excluding hydrogens is 412 g/mol. The van der Waals surface area contributed by atoms with E-state index in [0.717, 1.165) is 6.07 Å². The highest BCUT2D eigenvalue weighted by Gasteiger charge is 2.48. The second-order valence-electron chi connectivity index (χ2n) is 7.57. The van der Waals surface area contributed by atoms with Crippen molar-refractivity contribution in [3.05, 3.63) is 47.5 Å². The number of carbonyl (C=O) groups excluding carboxylic acids is 1. The van der Waals surface area contributed by atoms with Gasteiger partial charge in [0.1, 0.15) is 46.9 Å². The molecule has 1 saturated heterocycles. The number of phenols is 3. The van der Waals surface area contributed by atoms with Crippen LogP contribution in [-0.2, 0) is 9.47 Å². The van der Waals surface area contributed by atoms with Crippen molar-refractivity contribution < 1.29 is 49.6 Å². The summed E-state index contributed by atoms with van der Waals surface area (Å²) in [6.45, 7) is 1.47. The number of aliphatic hydroxyl groups excluding tert-OH is 3. The molecule has 31 heavy (non-hydrogen) atoms. The fraction of sp³-hybridized carbons (Fsp3) is 0.381. The minimum absolute atomic E-state index is 0.0176. The minimum atomic E-state index is -1.66. The van der Waals surface area contributed by atoms with E-state index in [-0.39, 0.29) is 22.8 Å². The maximum Gasteiger partial charge on any atom is 0.203 e. The molecule has 2 heterocycles. The summed E-state index contributed by atoms with van der Waals surface area (Å²) < 4.78 is 17.0. The van der Waals surface area contributed by atoms with E-state index in [2.05, 4.69) is 0 Å². The Labute approximate surface area is 176 Å². The van der Waals surface area contributed by atoms with Gasteiger partial charge in [-0.15, -0.1) is 0 Å². The van der Waals surface area contributed by atoms with Gasteiger partial charge in [-0.05, 0) is 24.6 Å². The van der Waals surface area contributed by atoms with Crippen LogP contribution in [0.25, 0.3) is 0 Å². The molecule has 2 aliphatic rings. The molecule has 7 atom stereocenters. The number of rotatable bonds is 3. The maximum atomic E-state index is 13.3. The Kier molecular flexibility index (Phi) is 5.50. The molecule has 2 aromatic carbocycles. The lowest BCUT2D eigenvalue weighted by Gasteiger charge is -2.42. The summed E-state index contributed by atoms with van der Waals surface area (Å²) in [7, 11) is 0. The molecule has 0 aromatic heterocycles. The van der Waals surface area contributed by atoms with Crippen molar-refractivity contribution in [2.45, 2.75) is 49.8 Å². The van der Waals surface area contributed by atoms with Crippen molar-refractivity contribution in [3.8, 4) is 23.0 Å². The van der Waals surface area contributed by atoms with Crippen LogP contribution in [0.1, 0.15) is 28.9 Å². The summed E-state index contributed by atoms with van der Waals surface area (Å²) in [5.74, 6) is -1.64. The van der Waals surface area contributed by atoms with Gasteiger partial charge in [-0.1, -0.05) is 12.1 Å². The van der Waals surface area contributed by atoms with Gasteiger partial charge in [0, 0.05) is 12.1 Å². The smallest absolute Gasteiger partial charge is 0.203 e. The quantitative estimate of drug-likeness (QED) is 0.396. The highest BCUT2D eigenvalue weighted by molar-refractivity contribution is 6.05. The predicted octanol–water partition coefficient (Wildman–Crippen LogP) is 0.332. The third-order valence-electron chi connectivity index (χ3n) is 5.41. The molecule has 0 bridgehead atoms. The molecular formula is C21H22O10. The summed E-state index contributed by atoms with van der Waals surface area (Å²) in [6, 6.07) is 7.90. The summed E-state index contributed by atoms with van der Waals surface area (Å²) in [4.78, 5) is 13.3. The van der Waals surface area contributed by atoms with E-state index in [1.54, 1.807) is 0 Å². The Balaban J connectivity index is 1.73. The van der Waals surface area contributed by atoms with E-state index in [9.17, 15) is 35.4 Å². The summed E-state index contributed by atoms with van der Waals surface area (Å²) >= 11 is 0. The van der Waals surface area contributed by atoms with Crippen LogP contribution in [0.15, 0.2) is 36.4 Å². The first-order valence-corrected chi connectivity index (χ1v) is 9.58. The second kappa shape index (κ2) is 7.98. The highest BCUT2D eigenvalue weighted by atomic mass is 16.7. The number of hydrogen-bond acceptors (Lipinski definition) is 10. The zero-order valence-electron chi connectivity index (χ0n) is 16.3. The van der Waals surface area contributed by atoms with Gasteiger partial charge in [0.2, 0.25) is 5.78 Å². The average Bonchev–Trinajstić information content (AvgIpc) is 2.72. The zero-order valence-corrected chi connectivity index (χ0v) is 16.3. The third-order valence-corrected chi connectivity index (χ3v) is 5.41. The lowest BCUT2D eigenvalue weighted by Crippen LogP contribution is -2.59. The zero-order chi connectivity index (χ0) is 22.4. The standard InChI is InChI=1S/C21H22O10/c1-8-15(25)17(27)18(28)21(29-8)31-20-16(26)14-12(24)6-11(23)7-13(14)30-19(20)9-2-4-10(22)5-3-9/h2-8,15,17-25,27-28H,1H3/t8-,15-,17+,18+,19+,20-,21+/m1/s1. The van der Waals surface area contributed by atoms with E-state index < -0.39 is 54.4 Å². The van der Waals surface area contributed by atoms with Crippen LogP contribution in [0.5, 0.6) is 23.0 Å². The monoisotopic (exact) mass is 434 g/mol. The number of aliphatic hydroxyl groups is 3. The van der Waals surface area contributed by atoms with Crippen LogP contribution >= 0.6 is 0 Å². The highest BCUT2D eigenvalue weighted by Crippen LogP contribution is 2.43. The third kappa shape index (κ3) is 3.80. The molecule has 2 aliphatic heterocycles. The normalized spacial score (nSPS) is 32.9. The van der Waals surface area contributed by atoms with Gasteiger partial charge in [-0.3, -0.25) is 4.79 Å². The molecule has 0 amide bonds. The molecule has 0 saturated carbocycles. The van der Waals surface area contributed by atoms with Crippen molar-refractivity contribution in [1.82, 2.24) is 0 Å². The second-order valence-corrected chi connectivity index (χ2v) is 7.57. The molecule has 6 N–H and O–H groups in total. The van der Waals surface area contributed by atoms with Crippen LogP contribution in [0.4, 0.5) is 0 Å². The van der Waals surface area contributed by atoms with Crippen molar-refractivity contribution in [2.75, 3.05) is 0 Å². The van der Waals surface area contributed by atoms with Crippen LogP contribution in [0.2, 0.25) is 0 Å². The lowest BCUT2D eigenvalue weighted by atomic mass is 9.92. The first-order chi connectivity index (χ1) is 14.7. The Morgan fingerprint density at radius 1 is 0.903 bits per heavy atom.